The number of halogens is 1. The molecule has 0 saturated heterocycles. The smallest absolute Gasteiger partial charge is 0.254 e. The van der Waals surface area contributed by atoms with Crippen molar-refractivity contribution in [3.8, 4) is 28.7 Å². The zero-order valence-electron chi connectivity index (χ0n) is 18.0. The number of carbonyl (C=O) groups excluding carboxylic acids is 1. The van der Waals surface area contributed by atoms with Crippen molar-refractivity contribution in [2.45, 2.75) is 26.4 Å². The van der Waals surface area contributed by atoms with Crippen LogP contribution in [0.4, 0.5) is 0 Å². The highest BCUT2D eigenvalue weighted by molar-refractivity contribution is 6.30. The number of benzene rings is 2. The summed E-state index contributed by atoms with van der Waals surface area (Å²) < 4.78 is 21.8. The van der Waals surface area contributed by atoms with Crippen molar-refractivity contribution in [3.05, 3.63) is 52.9 Å². The first-order valence-electron chi connectivity index (χ1n) is 9.57. The minimum Gasteiger partial charge on any atom is -0.493 e. The van der Waals surface area contributed by atoms with Crippen molar-refractivity contribution in [2.75, 3.05) is 21.3 Å². The Bertz CT molecular complexity index is 1020. The third-order valence-corrected chi connectivity index (χ3v) is 4.91. The molecule has 0 aliphatic carbocycles. The molecule has 9 heteroatoms. The molecule has 0 aliphatic rings. The van der Waals surface area contributed by atoms with E-state index >= 15 is 0 Å². The van der Waals surface area contributed by atoms with Crippen molar-refractivity contribution in [3.63, 3.8) is 0 Å². The predicted octanol–water partition coefficient (Wildman–Crippen LogP) is 4.47. The van der Waals surface area contributed by atoms with E-state index in [-0.39, 0.29) is 18.5 Å². The van der Waals surface area contributed by atoms with E-state index in [4.69, 9.17) is 30.2 Å². The lowest BCUT2D eigenvalue weighted by atomic mass is 10.1. The largest absolute Gasteiger partial charge is 0.493 e. The number of rotatable bonds is 8. The highest BCUT2D eigenvalue weighted by Crippen LogP contribution is 2.38. The van der Waals surface area contributed by atoms with Crippen LogP contribution in [0.5, 0.6) is 17.2 Å². The van der Waals surface area contributed by atoms with Crippen molar-refractivity contribution in [2.24, 2.45) is 0 Å². The first-order valence-corrected chi connectivity index (χ1v) is 9.95. The highest BCUT2D eigenvalue weighted by atomic mass is 35.5. The molecular formula is C22H24ClN3O5. The van der Waals surface area contributed by atoms with Gasteiger partial charge in [-0.15, -0.1) is 10.2 Å². The Kier molecular flexibility index (Phi) is 7.02. The van der Waals surface area contributed by atoms with E-state index in [0.29, 0.717) is 39.6 Å². The molecule has 0 saturated carbocycles. The summed E-state index contributed by atoms with van der Waals surface area (Å²) in [7, 11) is 4.52. The quantitative estimate of drug-likeness (QED) is 0.505. The van der Waals surface area contributed by atoms with Gasteiger partial charge < -0.3 is 23.5 Å². The minimum absolute atomic E-state index is 0.127. The van der Waals surface area contributed by atoms with Gasteiger partial charge in [-0.25, -0.2) is 0 Å². The molecule has 2 aromatic carbocycles. The van der Waals surface area contributed by atoms with Gasteiger partial charge in [-0.1, -0.05) is 11.6 Å². The second-order valence-electron chi connectivity index (χ2n) is 6.95. The van der Waals surface area contributed by atoms with Crippen LogP contribution >= 0.6 is 11.6 Å². The number of methoxy groups -OCH3 is 3. The lowest BCUT2D eigenvalue weighted by molar-refractivity contribution is 0.0671. The second kappa shape index (κ2) is 9.70. The molecular weight excluding hydrogens is 422 g/mol. The summed E-state index contributed by atoms with van der Waals surface area (Å²) in [6.07, 6.45) is 0. The average molecular weight is 446 g/mol. The standard InChI is InChI=1S/C22H24ClN3O5/c1-13(2)26(12-19-24-25-21(31-19)14-6-8-16(23)9-7-14)22(27)15-10-17(28-3)20(30-5)18(11-15)29-4/h6-11,13H,12H2,1-5H3. The fourth-order valence-corrected chi connectivity index (χ4v) is 3.16. The zero-order valence-corrected chi connectivity index (χ0v) is 18.8. The van der Waals surface area contributed by atoms with Crippen LogP contribution in [0.25, 0.3) is 11.5 Å². The molecule has 0 atom stereocenters. The Morgan fingerprint density at radius 1 is 1.03 bits per heavy atom. The van der Waals surface area contributed by atoms with E-state index in [2.05, 4.69) is 10.2 Å². The number of nitrogens with zero attached hydrogens (tertiary/aromatic N) is 3. The van der Waals surface area contributed by atoms with Gasteiger partial charge in [0.15, 0.2) is 11.5 Å². The Morgan fingerprint density at radius 3 is 2.16 bits per heavy atom. The lowest BCUT2D eigenvalue weighted by Crippen LogP contribution is -2.36. The van der Waals surface area contributed by atoms with E-state index in [9.17, 15) is 4.79 Å². The molecule has 0 fully saturated rings. The molecule has 8 nitrogen and oxygen atoms in total. The molecule has 3 rings (SSSR count). The average Bonchev–Trinajstić information content (AvgIpc) is 3.24. The summed E-state index contributed by atoms with van der Waals surface area (Å²) >= 11 is 5.93. The molecule has 1 amide bonds. The maximum absolute atomic E-state index is 13.3. The van der Waals surface area contributed by atoms with Gasteiger partial charge in [0, 0.05) is 22.2 Å². The predicted molar refractivity (Wildman–Crippen MR) is 116 cm³/mol. The molecule has 0 aliphatic heterocycles. The topological polar surface area (TPSA) is 86.9 Å². The fraction of sp³-hybridized carbons (Fsp3) is 0.318. The SMILES string of the molecule is COc1cc(C(=O)N(Cc2nnc(-c3ccc(Cl)cc3)o2)C(C)C)cc(OC)c1OC. The van der Waals surface area contributed by atoms with Gasteiger partial charge in [0.1, 0.15) is 0 Å². The Labute approximate surface area is 185 Å². The molecule has 1 aromatic heterocycles. The summed E-state index contributed by atoms with van der Waals surface area (Å²) in [5.74, 6) is 1.66. The molecule has 0 bridgehead atoms. The maximum atomic E-state index is 13.3. The van der Waals surface area contributed by atoms with Crippen LogP contribution in [0, 0.1) is 0 Å². The Morgan fingerprint density at radius 2 is 1.65 bits per heavy atom. The van der Waals surface area contributed by atoms with Crippen molar-refractivity contribution in [1.82, 2.24) is 15.1 Å². The van der Waals surface area contributed by atoms with E-state index < -0.39 is 0 Å². The monoisotopic (exact) mass is 445 g/mol. The van der Waals surface area contributed by atoms with Gasteiger partial charge in [0.2, 0.25) is 17.5 Å². The zero-order chi connectivity index (χ0) is 22.5. The molecule has 164 valence electrons. The Hall–Kier alpha value is -3.26. The molecule has 0 radical (unpaired) electrons. The summed E-state index contributed by atoms with van der Waals surface area (Å²) in [4.78, 5) is 14.9. The van der Waals surface area contributed by atoms with Gasteiger partial charge in [0.05, 0.1) is 27.9 Å². The van der Waals surface area contributed by atoms with E-state index in [1.165, 1.54) is 21.3 Å². The van der Waals surface area contributed by atoms with Crippen LogP contribution in [-0.4, -0.2) is 48.4 Å². The van der Waals surface area contributed by atoms with E-state index in [0.717, 1.165) is 5.56 Å². The van der Waals surface area contributed by atoms with Crippen LogP contribution in [-0.2, 0) is 6.54 Å². The first kappa shape index (κ1) is 22.4. The lowest BCUT2D eigenvalue weighted by Gasteiger charge is -2.26. The molecule has 0 N–H and O–H groups in total. The Balaban J connectivity index is 1.88. The number of hydrogen-bond acceptors (Lipinski definition) is 7. The highest BCUT2D eigenvalue weighted by Gasteiger charge is 2.25. The molecule has 3 aromatic rings. The molecule has 1 heterocycles. The third kappa shape index (κ3) is 4.91. The van der Waals surface area contributed by atoms with Gasteiger partial charge in [0.25, 0.3) is 5.91 Å². The van der Waals surface area contributed by atoms with E-state index in [1.54, 1.807) is 41.3 Å². The number of aromatic nitrogens is 2. The maximum Gasteiger partial charge on any atom is 0.254 e. The molecule has 31 heavy (non-hydrogen) atoms. The van der Waals surface area contributed by atoms with Crippen LogP contribution in [0.15, 0.2) is 40.8 Å². The van der Waals surface area contributed by atoms with Crippen LogP contribution < -0.4 is 14.2 Å². The summed E-state index contributed by atoms with van der Waals surface area (Å²) in [6, 6.07) is 10.2. The second-order valence-corrected chi connectivity index (χ2v) is 7.39. The number of hydrogen-bond donors (Lipinski definition) is 0. The van der Waals surface area contributed by atoms with Crippen LogP contribution in [0.1, 0.15) is 30.1 Å². The molecule has 0 unspecified atom stereocenters. The minimum atomic E-state index is -0.236. The summed E-state index contributed by atoms with van der Waals surface area (Å²) in [5, 5.41) is 8.80. The van der Waals surface area contributed by atoms with Gasteiger partial charge in [-0.05, 0) is 50.2 Å². The molecule has 0 spiro atoms. The number of amides is 1. The fourth-order valence-electron chi connectivity index (χ4n) is 3.03. The van der Waals surface area contributed by atoms with Gasteiger partial charge in [-0.3, -0.25) is 4.79 Å². The van der Waals surface area contributed by atoms with E-state index in [1.807, 2.05) is 13.8 Å². The van der Waals surface area contributed by atoms with Crippen molar-refractivity contribution in [1.29, 1.82) is 0 Å². The van der Waals surface area contributed by atoms with Crippen molar-refractivity contribution >= 4 is 17.5 Å². The van der Waals surface area contributed by atoms with Crippen LogP contribution in [0.2, 0.25) is 5.02 Å². The van der Waals surface area contributed by atoms with Gasteiger partial charge >= 0.3 is 0 Å². The summed E-state index contributed by atoms with van der Waals surface area (Å²) in [6.45, 7) is 3.96. The van der Waals surface area contributed by atoms with Crippen molar-refractivity contribution < 1.29 is 23.4 Å². The summed E-state index contributed by atoms with van der Waals surface area (Å²) in [5.41, 5.74) is 1.14. The normalized spacial score (nSPS) is 10.8. The number of ether oxygens (including phenoxy) is 3. The van der Waals surface area contributed by atoms with Gasteiger partial charge in [-0.2, -0.15) is 0 Å². The first-order chi connectivity index (χ1) is 14.9. The number of carbonyl (C=O) groups is 1. The van der Waals surface area contributed by atoms with Crippen LogP contribution in [0.3, 0.4) is 0 Å². The third-order valence-electron chi connectivity index (χ3n) is 4.66.